The first-order chi connectivity index (χ1) is 11.3. The summed E-state index contributed by atoms with van der Waals surface area (Å²) in [5.41, 5.74) is -1.24. The van der Waals surface area contributed by atoms with Crippen LogP contribution in [-0.2, 0) is 25.7 Å². The quantitative estimate of drug-likeness (QED) is 0.878. The van der Waals surface area contributed by atoms with Crippen LogP contribution in [0.25, 0.3) is 11.1 Å². The molecule has 0 bridgehead atoms. The molecule has 4 nitrogen and oxygen atoms in total. The van der Waals surface area contributed by atoms with Gasteiger partial charge in [-0.3, -0.25) is 9.48 Å². The van der Waals surface area contributed by atoms with Crippen molar-refractivity contribution in [1.29, 1.82) is 0 Å². The van der Waals surface area contributed by atoms with Gasteiger partial charge in [-0.15, -0.1) is 0 Å². The van der Waals surface area contributed by atoms with E-state index >= 15 is 0 Å². The van der Waals surface area contributed by atoms with E-state index in [0.29, 0.717) is 31.3 Å². The zero-order chi connectivity index (χ0) is 17.6. The van der Waals surface area contributed by atoms with Gasteiger partial charge in [-0.05, 0) is 31.4 Å². The van der Waals surface area contributed by atoms with Gasteiger partial charge < -0.3 is 5.11 Å². The highest BCUT2D eigenvalue weighted by molar-refractivity contribution is 6.32. The molecule has 0 saturated heterocycles. The maximum absolute atomic E-state index is 13.4. The highest BCUT2D eigenvalue weighted by atomic mass is 35.5. The zero-order valence-electron chi connectivity index (χ0n) is 13.0. The number of fused-ring (bicyclic) bond motifs is 1. The Hall–Kier alpha value is -1.89. The third-order valence-electron chi connectivity index (χ3n) is 4.33. The summed E-state index contributed by atoms with van der Waals surface area (Å²) >= 11 is 5.66. The molecule has 2 heterocycles. The number of alkyl halides is 3. The molecule has 0 amide bonds. The van der Waals surface area contributed by atoms with Crippen LogP contribution in [0.2, 0.25) is 5.02 Å². The van der Waals surface area contributed by atoms with Crippen LogP contribution in [0.3, 0.4) is 0 Å². The van der Waals surface area contributed by atoms with Crippen LogP contribution in [0.4, 0.5) is 13.2 Å². The van der Waals surface area contributed by atoms with Crippen LogP contribution in [-0.4, -0.2) is 14.5 Å². The van der Waals surface area contributed by atoms with E-state index in [1.54, 1.807) is 11.6 Å². The van der Waals surface area contributed by atoms with Crippen molar-refractivity contribution in [1.82, 2.24) is 9.36 Å². The van der Waals surface area contributed by atoms with Crippen molar-refractivity contribution in [3.63, 3.8) is 0 Å². The highest BCUT2D eigenvalue weighted by Gasteiger charge is 2.37. The van der Waals surface area contributed by atoms with Gasteiger partial charge in [0.25, 0.3) is 5.56 Å². The summed E-state index contributed by atoms with van der Waals surface area (Å²) in [5.74, 6) is -0.477. The standard InChI is InChI=1S/C16H16ClF3N2O2/c1-2-12-14(15(24)22-6-4-3-5-21(12)22)9-7-13(23)11(17)8-10(9)16(18,19)20/h7-8,23H,2-6H2,1H3. The molecule has 3 rings (SSSR count). The van der Waals surface area contributed by atoms with E-state index in [9.17, 15) is 23.1 Å². The summed E-state index contributed by atoms with van der Waals surface area (Å²) in [5, 5.41) is 9.40. The second-order valence-corrected chi connectivity index (χ2v) is 6.19. The Kier molecular flexibility index (Phi) is 4.15. The lowest BCUT2D eigenvalue weighted by atomic mass is 9.98. The third kappa shape index (κ3) is 2.60. The first-order valence-electron chi connectivity index (χ1n) is 7.68. The van der Waals surface area contributed by atoms with Gasteiger partial charge in [0.05, 0.1) is 16.1 Å². The third-order valence-corrected chi connectivity index (χ3v) is 4.63. The van der Waals surface area contributed by atoms with Crippen molar-refractivity contribution in [3.8, 4) is 16.9 Å². The molecule has 2 aromatic rings. The molecule has 0 radical (unpaired) electrons. The number of phenolic OH excluding ortho intramolecular Hbond substituents is 1. The lowest BCUT2D eigenvalue weighted by Gasteiger charge is -2.19. The second kappa shape index (κ2) is 5.88. The number of aromatic nitrogens is 2. The van der Waals surface area contributed by atoms with Gasteiger partial charge in [0.15, 0.2) is 0 Å². The largest absolute Gasteiger partial charge is 0.506 e. The average Bonchev–Trinajstić information content (AvgIpc) is 2.81. The first-order valence-corrected chi connectivity index (χ1v) is 8.06. The average molecular weight is 361 g/mol. The summed E-state index contributed by atoms with van der Waals surface area (Å²) in [7, 11) is 0. The van der Waals surface area contributed by atoms with Crippen molar-refractivity contribution in [2.24, 2.45) is 0 Å². The number of phenols is 1. The highest BCUT2D eigenvalue weighted by Crippen LogP contribution is 2.42. The Morgan fingerprint density at radius 2 is 1.83 bits per heavy atom. The van der Waals surface area contributed by atoms with E-state index < -0.39 is 28.1 Å². The number of nitrogens with zero attached hydrogens (tertiary/aromatic N) is 2. The van der Waals surface area contributed by atoms with E-state index in [4.69, 9.17) is 11.6 Å². The Bertz CT molecular complexity index is 852. The molecule has 0 spiro atoms. The predicted octanol–water partition coefficient (Wildman–Crippen LogP) is 4.05. The molecule has 1 N–H and O–H groups in total. The smallest absolute Gasteiger partial charge is 0.417 e. The molecule has 130 valence electrons. The lowest BCUT2D eigenvalue weighted by Crippen LogP contribution is -2.27. The fourth-order valence-electron chi connectivity index (χ4n) is 3.27. The minimum atomic E-state index is -4.68. The van der Waals surface area contributed by atoms with Crippen LogP contribution < -0.4 is 5.56 Å². The van der Waals surface area contributed by atoms with Gasteiger partial charge in [-0.2, -0.15) is 13.2 Å². The van der Waals surface area contributed by atoms with Gasteiger partial charge in [-0.1, -0.05) is 18.5 Å². The van der Waals surface area contributed by atoms with Crippen LogP contribution in [0.5, 0.6) is 5.75 Å². The van der Waals surface area contributed by atoms with E-state index in [0.717, 1.165) is 18.9 Å². The van der Waals surface area contributed by atoms with E-state index in [1.807, 2.05) is 0 Å². The lowest BCUT2D eigenvalue weighted by molar-refractivity contribution is -0.137. The Labute approximate surface area is 141 Å². The zero-order valence-corrected chi connectivity index (χ0v) is 13.7. The summed E-state index contributed by atoms with van der Waals surface area (Å²) < 4.78 is 43.6. The van der Waals surface area contributed by atoms with Gasteiger partial charge in [0, 0.05) is 24.3 Å². The van der Waals surface area contributed by atoms with Gasteiger partial charge >= 0.3 is 6.18 Å². The molecule has 0 atom stereocenters. The Balaban J connectivity index is 2.37. The van der Waals surface area contributed by atoms with E-state index in [2.05, 4.69) is 0 Å². The summed E-state index contributed by atoms with van der Waals surface area (Å²) in [6, 6.07) is 1.61. The molecule has 0 unspecified atom stereocenters. The number of aromatic hydroxyl groups is 1. The van der Waals surface area contributed by atoms with Gasteiger partial charge in [-0.25, -0.2) is 4.68 Å². The van der Waals surface area contributed by atoms with Crippen LogP contribution in [0.1, 0.15) is 31.0 Å². The van der Waals surface area contributed by atoms with Crippen molar-refractivity contribution in [2.75, 3.05) is 0 Å². The molecule has 0 fully saturated rings. The molecular weight excluding hydrogens is 345 g/mol. The molecule has 0 saturated carbocycles. The fourth-order valence-corrected chi connectivity index (χ4v) is 3.43. The Morgan fingerprint density at radius 1 is 1.21 bits per heavy atom. The number of hydrogen-bond acceptors (Lipinski definition) is 2. The van der Waals surface area contributed by atoms with Gasteiger partial charge in [0.1, 0.15) is 5.75 Å². The maximum Gasteiger partial charge on any atom is 0.417 e. The molecule has 1 aromatic carbocycles. The van der Waals surface area contributed by atoms with Crippen LogP contribution in [0, 0.1) is 0 Å². The fraction of sp³-hybridized carbons (Fsp3) is 0.438. The number of benzene rings is 1. The van der Waals surface area contributed by atoms with E-state index in [-0.39, 0.29) is 11.1 Å². The summed E-state index contributed by atoms with van der Waals surface area (Å²) in [4.78, 5) is 12.7. The summed E-state index contributed by atoms with van der Waals surface area (Å²) in [6.45, 7) is 2.87. The van der Waals surface area contributed by atoms with Crippen molar-refractivity contribution < 1.29 is 18.3 Å². The number of rotatable bonds is 2. The summed E-state index contributed by atoms with van der Waals surface area (Å²) in [6.07, 6.45) is -2.58. The van der Waals surface area contributed by atoms with Crippen LogP contribution in [0.15, 0.2) is 16.9 Å². The van der Waals surface area contributed by atoms with Gasteiger partial charge in [0.2, 0.25) is 0 Å². The minimum absolute atomic E-state index is 0.00121. The molecule has 1 aliphatic heterocycles. The second-order valence-electron chi connectivity index (χ2n) is 5.78. The Morgan fingerprint density at radius 3 is 2.42 bits per heavy atom. The molecule has 8 heteroatoms. The maximum atomic E-state index is 13.4. The molecular formula is C16H16ClF3N2O2. The molecule has 24 heavy (non-hydrogen) atoms. The molecule has 1 aliphatic rings. The first kappa shape index (κ1) is 17.0. The topological polar surface area (TPSA) is 47.2 Å². The normalized spacial score (nSPS) is 14.7. The van der Waals surface area contributed by atoms with E-state index in [1.165, 1.54) is 4.68 Å². The minimum Gasteiger partial charge on any atom is -0.506 e. The molecule has 0 aliphatic carbocycles. The van der Waals surface area contributed by atoms with Crippen molar-refractivity contribution in [2.45, 2.75) is 45.5 Å². The SMILES string of the molecule is CCc1c(-c2cc(O)c(Cl)cc2C(F)(F)F)c(=O)n2n1CCCC2. The monoisotopic (exact) mass is 360 g/mol. The number of hydrogen-bond donors (Lipinski definition) is 1. The van der Waals surface area contributed by atoms with Crippen molar-refractivity contribution >= 4 is 11.6 Å². The van der Waals surface area contributed by atoms with Crippen molar-refractivity contribution in [3.05, 3.63) is 38.8 Å². The number of halogens is 4. The predicted molar refractivity (Wildman–Crippen MR) is 84.4 cm³/mol. The van der Waals surface area contributed by atoms with Crippen LogP contribution >= 0.6 is 11.6 Å². The molecule has 1 aromatic heterocycles.